The second kappa shape index (κ2) is 3.74. The third-order valence-electron chi connectivity index (χ3n) is 2.40. The highest BCUT2D eigenvalue weighted by Crippen LogP contribution is 2.35. The fourth-order valence-electron chi connectivity index (χ4n) is 1.58. The second-order valence-corrected chi connectivity index (χ2v) is 4.72. The number of anilines is 1. The van der Waals surface area contributed by atoms with Gasteiger partial charge in [-0.3, -0.25) is 0 Å². The van der Waals surface area contributed by atoms with Gasteiger partial charge in [0.25, 0.3) is 0 Å². The van der Waals surface area contributed by atoms with Crippen molar-refractivity contribution in [2.45, 2.75) is 6.92 Å². The van der Waals surface area contributed by atoms with Crippen LogP contribution >= 0.6 is 11.3 Å². The van der Waals surface area contributed by atoms with Gasteiger partial charge in [0, 0.05) is 0 Å². The Kier molecular flexibility index (Phi) is 2.22. The molecule has 0 spiro atoms. The Balaban J connectivity index is 2.01. The Morgan fingerprint density at radius 3 is 2.65 bits per heavy atom. The van der Waals surface area contributed by atoms with Gasteiger partial charge in [-0.05, 0) is 31.2 Å². The van der Waals surface area contributed by atoms with E-state index in [1.165, 1.54) is 0 Å². The standard InChI is InChI=1S/C11H10N4OS/c1-6-2-3-7(16-6)8-4-5-9(17-8)10-11(12)14-15-13-10/h2-5H,1H3,(H3,12,13,14,15). The van der Waals surface area contributed by atoms with Crippen molar-refractivity contribution in [3.8, 4) is 21.2 Å². The van der Waals surface area contributed by atoms with E-state index < -0.39 is 0 Å². The van der Waals surface area contributed by atoms with Gasteiger partial charge in [0.1, 0.15) is 17.2 Å². The summed E-state index contributed by atoms with van der Waals surface area (Å²) in [6, 6.07) is 7.86. The Morgan fingerprint density at radius 1 is 1.18 bits per heavy atom. The van der Waals surface area contributed by atoms with E-state index >= 15 is 0 Å². The summed E-state index contributed by atoms with van der Waals surface area (Å²) in [4.78, 5) is 2.02. The minimum absolute atomic E-state index is 0.411. The van der Waals surface area contributed by atoms with Crippen LogP contribution in [0.4, 0.5) is 5.82 Å². The molecule has 3 aromatic rings. The van der Waals surface area contributed by atoms with Crippen LogP contribution < -0.4 is 5.73 Å². The number of nitrogens with zero attached hydrogens (tertiary/aromatic N) is 2. The van der Waals surface area contributed by atoms with Crippen LogP contribution in [-0.2, 0) is 0 Å². The Labute approximate surface area is 101 Å². The summed E-state index contributed by atoms with van der Waals surface area (Å²) in [5, 5.41) is 10.3. The first kappa shape index (κ1) is 10.1. The van der Waals surface area contributed by atoms with Crippen LogP contribution in [0, 0.1) is 6.92 Å². The summed E-state index contributed by atoms with van der Waals surface area (Å²) < 4.78 is 5.57. The first-order valence-electron chi connectivity index (χ1n) is 5.07. The van der Waals surface area contributed by atoms with Crippen LogP contribution in [0.3, 0.4) is 0 Å². The van der Waals surface area contributed by atoms with Gasteiger partial charge in [-0.1, -0.05) is 0 Å². The smallest absolute Gasteiger partial charge is 0.174 e. The van der Waals surface area contributed by atoms with E-state index in [9.17, 15) is 0 Å². The third kappa shape index (κ3) is 1.72. The molecule has 0 unspecified atom stereocenters. The molecule has 0 aliphatic heterocycles. The molecule has 3 heterocycles. The SMILES string of the molecule is Cc1ccc(-c2ccc(-c3n[nH]nc3N)s2)o1. The molecule has 5 nitrogen and oxygen atoms in total. The number of aryl methyl sites for hydroxylation is 1. The predicted molar refractivity (Wildman–Crippen MR) is 66.5 cm³/mol. The molecule has 0 saturated carbocycles. The minimum Gasteiger partial charge on any atom is -0.461 e. The molecular weight excluding hydrogens is 236 g/mol. The zero-order valence-electron chi connectivity index (χ0n) is 9.10. The lowest BCUT2D eigenvalue weighted by Crippen LogP contribution is -1.86. The van der Waals surface area contributed by atoms with Crippen molar-refractivity contribution in [2.24, 2.45) is 0 Å². The summed E-state index contributed by atoms with van der Waals surface area (Å²) in [6.45, 7) is 1.92. The molecule has 0 fully saturated rings. The van der Waals surface area contributed by atoms with Crippen molar-refractivity contribution in [2.75, 3.05) is 5.73 Å². The third-order valence-corrected chi connectivity index (χ3v) is 3.50. The number of nitrogens with one attached hydrogen (secondary N) is 1. The van der Waals surface area contributed by atoms with E-state index in [0.717, 1.165) is 21.3 Å². The van der Waals surface area contributed by atoms with E-state index in [2.05, 4.69) is 15.4 Å². The average Bonchev–Trinajstić information content (AvgIpc) is 2.97. The molecule has 3 rings (SSSR count). The summed E-state index contributed by atoms with van der Waals surface area (Å²) in [7, 11) is 0. The number of nitrogen functional groups attached to an aromatic ring is 1. The predicted octanol–water partition coefficient (Wildman–Crippen LogP) is 2.68. The molecule has 3 N–H and O–H groups in total. The van der Waals surface area contributed by atoms with Crippen LogP contribution in [0.2, 0.25) is 0 Å². The maximum atomic E-state index is 5.70. The summed E-state index contributed by atoms with van der Waals surface area (Å²) >= 11 is 1.57. The maximum absolute atomic E-state index is 5.70. The van der Waals surface area contributed by atoms with E-state index in [0.29, 0.717) is 11.5 Å². The largest absolute Gasteiger partial charge is 0.461 e. The Bertz CT molecular complexity index is 652. The van der Waals surface area contributed by atoms with E-state index in [1.807, 2.05) is 31.2 Å². The molecule has 17 heavy (non-hydrogen) atoms. The van der Waals surface area contributed by atoms with Crippen LogP contribution in [0.15, 0.2) is 28.7 Å². The normalized spacial score (nSPS) is 10.9. The first-order valence-corrected chi connectivity index (χ1v) is 5.89. The fourth-order valence-corrected chi connectivity index (χ4v) is 2.55. The van der Waals surface area contributed by atoms with Crippen LogP contribution in [0.1, 0.15) is 5.76 Å². The zero-order valence-corrected chi connectivity index (χ0v) is 9.91. The van der Waals surface area contributed by atoms with Gasteiger partial charge >= 0.3 is 0 Å². The summed E-state index contributed by atoms with van der Waals surface area (Å²) in [5.74, 6) is 2.17. The van der Waals surface area contributed by atoms with Crippen molar-refractivity contribution in [1.82, 2.24) is 15.4 Å². The van der Waals surface area contributed by atoms with Gasteiger partial charge in [-0.15, -0.1) is 16.4 Å². The number of nitrogens with two attached hydrogens (primary N) is 1. The van der Waals surface area contributed by atoms with Crippen LogP contribution in [-0.4, -0.2) is 15.4 Å². The van der Waals surface area contributed by atoms with Crippen molar-refractivity contribution < 1.29 is 4.42 Å². The van der Waals surface area contributed by atoms with Crippen molar-refractivity contribution >= 4 is 17.2 Å². The number of H-pyrrole nitrogens is 1. The number of hydrogen-bond donors (Lipinski definition) is 2. The molecular formula is C11H10N4OS. The lowest BCUT2D eigenvalue weighted by Gasteiger charge is -1.91. The molecule has 0 atom stereocenters. The Morgan fingerprint density at radius 2 is 2.00 bits per heavy atom. The number of aromatic amines is 1. The molecule has 3 aromatic heterocycles. The minimum atomic E-state index is 0.411. The highest BCUT2D eigenvalue weighted by molar-refractivity contribution is 7.18. The quantitative estimate of drug-likeness (QED) is 0.728. The van der Waals surface area contributed by atoms with Crippen molar-refractivity contribution in [3.05, 3.63) is 30.0 Å². The highest BCUT2D eigenvalue weighted by Gasteiger charge is 2.12. The maximum Gasteiger partial charge on any atom is 0.174 e. The molecule has 0 aromatic carbocycles. The van der Waals surface area contributed by atoms with Crippen LogP contribution in [0.5, 0.6) is 0 Å². The molecule has 86 valence electrons. The molecule has 0 amide bonds. The number of aromatic nitrogens is 3. The van der Waals surface area contributed by atoms with Gasteiger partial charge in [-0.25, -0.2) is 0 Å². The van der Waals surface area contributed by atoms with E-state index in [1.54, 1.807) is 11.3 Å². The topological polar surface area (TPSA) is 80.7 Å². The number of rotatable bonds is 2. The van der Waals surface area contributed by atoms with E-state index in [4.69, 9.17) is 10.2 Å². The summed E-state index contributed by atoms with van der Waals surface area (Å²) in [5.41, 5.74) is 6.39. The number of thiophene rings is 1. The monoisotopic (exact) mass is 246 g/mol. The Hall–Kier alpha value is -2.08. The first-order chi connectivity index (χ1) is 8.24. The molecule has 0 aliphatic carbocycles. The van der Waals surface area contributed by atoms with Crippen molar-refractivity contribution in [3.63, 3.8) is 0 Å². The van der Waals surface area contributed by atoms with Gasteiger partial charge in [0.2, 0.25) is 0 Å². The van der Waals surface area contributed by atoms with E-state index in [-0.39, 0.29) is 0 Å². The lowest BCUT2D eigenvalue weighted by molar-refractivity contribution is 0.549. The lowest BCUT2D eigenvalue weighted by atomic mass is 10.3. The van der Waals surface area contributed by atoms with Gasteiger partial charge < -0.3 is 10.2 Å². The van der Waals surface area contributed by atoms with Crippen LogP contribution in [0.25, 0.3) is 21.2 Å². The molecule has 0 saturated heterocycles. The average molecular weight is 246 g/mol. The molecule has 0 bridgehead atoms. The molecule has 0 radical (unpaired) electrons. The van der Waals surface area contributed by atoms with Gasteiger partial charge in [0.15, 0.2) is 5.82 Å². The van der Waals surface area contributed by atoms with Gasteiger partial charge in [-0.2, -0.15) is 10.3 Å². The summed E-state index contributed by atoms with van der Waals surface area (Å²) in [6.07, 6.45) is 0. The van der Waals surface area contributed by atoms with Crippen molar-refractivity contribution in [1.29, 1.82) is 0 Å². The second-order valence-electron chi connectivity index (χ2n) is 3.63. The molecule has 0 aliphatic rings. The number of furan rings is 1. The highest BCUT2D eigenvalue weighted by atomic mass is 32.1. The number of hydrogen-bond acceptors (Lipinski definition) is 5. The van der Waals surface area contributed by atoms with Gasteiger partial charge in [0.05, 0.1) is 9.75 Å². The fraction of sp³-hybridized carbons (Fsp3) is 0.0909. The zero-order chi connectivity index (χ0) is 11.8. The molecule has 6 heteroatoms.